The summed E-state index contributed by atoms with van der Waals surface area (Å²) in [4.78, 5) is 59.6. The van der Waals surface area contributed by atoms with Crippen molar-refractivity contribution in [1.82, 2.24) is 59.8 Å². The Balaban J connectivity index is 0.658. The Morgan fingerprint density at radius 3 is 1.64 bits per heavy atom. The molecule has 0 radical (unpaired) electrons. The molecule has 2 amide bonds. The first-order valence-electron chi connectivity index (χ1n) is 34.2. The van der Waals surface area contributed by atoms with Crippen molar-refractivity contribution < 1.29 is 29.0 Å². The van der Waals surface area contributed by atoms with Crippen LogP contribution >= 0.6 is 24.4 Å². The van der Waals surface area contributed by atoms with Crippen LogP contribution in [0.15, 0.2) is 66.7 Å². The van der Waals surface area contributed by atoms with Crippen molar-refractivity contribution in [3.8, 4) is 28.4 Å². The molecule has 492 valence electrons. The number of aliphatic carboxylic acids is 1. The highest BCUT2D eigenvalue weighted by Gasteiger charge is 2.72. The molecule has 5 N–H and O–H groups in total. The molecule has 9 aliphatic rings. The number of anilines is 2. The predicted octanol–water partition coefficient (Wildman–Crippen LogP) is 7.87. The number of nitrogens with zero attached hydrogens (tertiary/aromatic N) is 10. The summed E-state index contributed by atoms with van der Waals surface area (Å²) in [6, 6.07) is 21.3. The first kappa shape index (κ1) is 65.1. The number of carbonyl (C=O) groups excluding carboxylic acids is 2. The summed E-state index contributed by atoms with van der Waals surface area (Å²) in [6.45, 7) is 23.8. The maximum Gasteiger partial charge on any atom is 0.330 e. The molecule has 5 saturated carbocycles. The zero-order chi connectivity index (χ0) is 63.2. The number of carboxylic acids is 1. The number of amides is 2. The second-order valence-corrected chi connectivity index (χ2v) is 28.1. The number of hydrogen-bond acceptors (Lipinski definition) is 14. The number of hydrogen-bond donors (Lipinski definition) is 5. The third kappa shape index (κ3) is 14.7. The van der Waals surface area contributed by atoms with Crippen molar-refractivity contribution >= 4 is 63.8 Å². The van der Waals surface area contributed by atoms with E-state index in [1.807, 2.05) is 41.3 Å². The van der Waals surface area contributed by atoms with Gasteiger partial charge in [-0.2, -0.15) is 5.10 Å². The van der Waals surface area contributed by atoms with E-state index in [1.165, 1.54) is 32.1 Å². The molecule has 8 unspecified atom stereocenters. The molecule has 9 fully saturated rings. The minimum absolute atomic E-state index is 0.0236. The Morgan fingerprint density at radius 1 is 0.615 bits per heavy atom. The molecule has 4 aliphatic heterocycles. The summed E-state index contributed by atoms with van der Waals surface area (Å²) in [5.74, 6) is 0.845. The van der Waals surface area contributed by atoms with Gasteiger partial charge >= 0.3 is 5.97 Å². The van der Waals surface area contributed by atoms with Crippen molar-refractivity contribution in [2.75, 3.05) is 162 Å². The smallest absolute Gasteiger partial charge is 0.330 e. The lowest BCUT2D eigenvalue weighted by molar-refractivity contribution is -0.147. The molecule has 5 aliphatic carbocycles. The molecular weight excluding hydrogens is 1180 g/mol. The van der Waals surface area contributed by atoms with Gasteiger partial charge in [-0.05, 0) is 204 Å². The predicted molar refractivity (Wildman–Crippen MR) is 366 cm³/mol. The quantitative estimate of drug-likeness (QED) is 0.0725. The highest BCUT2D eigenvalue weighted by molar-refractivity contribution is 7.80. The second kappa shape index (κ2) is 29.5. The number of fused-ring (bicyclic) bond motifs is 6. The molecule has 20 nitrogen and oxygen atoms in total. The van der Waals surface area contributed by atoms with E-state index in [1.54, 1.807) is 25.0 Å². The topological polar surface area (TPSA) is 182 Å². The standard InChI is InChI=1S/C69H98N14O6S2/c1-48(2)55-44-50(15-20-59(55)83-60(63-61(88-3)13-6-14-62(63)89-4)47-58(74-83)64(84)73-69(66(86)87)56-45-51-43-52(56)46-57(51)69)65(85)79-27-7-23-76-32-31-75(35-39-79)24-8-28-80(40-36-76)67(90)71-53-16-18-54(19-17-53)72-68(91)81-29-9-25-78-34-33-77(37-41-81)26-10-30-82(42-38-78)70-22-21-49-11-5-12-49/h6,13-20,44,47-49,51-52,56-57,70H,5,7-12,21-43,45-46H2,1-4H3,(H,71,90)(H,72,91)(H,73,84)(H,86,87). The van der Waals surface area contributed by atoms with Crippen LogP contribution in [0.5, 0.6) is 11.5 Å². The first-order chi connectivity index (χ1) is 44.2. The number of thiocarbonyl (C=S) groups is 2. The van der Waals surface area contributed by atoms with Crippen molar-refractivity contribution in [2.45, 2.75) is 95.9 Å². The van der Waals surface area contributed by atoms with Crippen LogP contribution in [0.2, 0.25) is 0 Å². The zero-order valence-electron chi connectivity index (χ0n) is 54.2. The van der Waals surface area contributed by atoms with Crippen LogP contribution in [0.25, 0.3) is 16.9 Å². The number of aromatic nitrogens is 2. The van der Waals surface area contributed by atoms with E-state index in [0.717, 1.165) is 196 Å². The van der Waals surface area contributed by atoms with Crippen molar-refractivity contribution in [3.63, 3.8) is 0 Å². The number of carboxylic acid groups (broad SMARTS) is 1. The lowest BCUT2D eigenvalue weighted by Gasteiger charge is -2.36. The van der Waals surface area contributed by atoms with E-state index in [4.69, 9.17) is 39.0 Å². The van der Waals surface area contributed by atoms with E-state index in [0.29, 0.717) is 58.9 Å². The maximum atomic E-state index is 14.9. The maximum absolute atomic E-state index is 14.9. The minimum atomic E-state index is -1.31. The van der Waals surface area contributed by atoms with E-state index in [-0.39, 0.29) is 29.4 Å². The Bertz CT molecular complexity index is 3180. The monoisotopic (exact) mass is 1280 g/mol. The van der Waals surface area contributed by atoms with Gasteiger partial charge < -0.3 is 64.8 Å². The van der Waals surface area contributed by atoms with Crippen molar-refractivity contribution in [3.05, 3.63) is 83.6 Å². The summed E-state index contributed by atoms with van der Waals surface area (Å²) in [5.41, 5.74) is 7.76. The largest absolute Gasteiger partial charge is 0.496 e. The molecule has 8 atom stereocenters. The zero-order valence-corrected chi connectivity index (χ0v) is 55.9. The summed E-state index contributed by atoms with van der Waals surface area (Å²) in [5, 5.41) is 30.0. The van der Waals surface area contributed by atoms with Gasteiger partial charge in [-0.3, -0.25) is 15.0 Å². The Kier molecular flexibility index (Phi) is 21.1. The number of hydrazine groups is 1. The van der Waals surface area contributed by atoms with E-state index in [2.05, 4.69) is 93.9 Å². The van der Waals surface area contributed by atoms with E-state index in [9.17, 15) is 19.5 Å². The lowest BCUT2D eigenvalue weighted by atomic mass is 9.80. The van der Waals surface area contributed by atoms with Crippen LogP contribution < -0.4 is 30.8 Å². The van der Waals surface area contributed by atoms with Crippen LogP contribution in [-0.2, 0) is 4.79 Å². The lowest BCUT2D eigenvalue weighted by Crippen LogP contribution is -2.60. The average Bonchev–Trinajstić information content (AvgIpc) is 1.53. The molecular formula is C69H98N14O6S2. The summed E-state index contributed by atoms with van der Waals surface area (Å²) >= 11 is 12.3. The Labute approximate surface area is 549 Å². The number of ether oxygens (including phenoxy) is 2. The fourth-order valence-corrected chi connectivity index (χ4v) is 16.9. The molecule has 5 heterocycles. The molecule has 0 spiro atoms. The number of benzene rings is 3. The number of methoxy groups -OCH3 is 2. The molecule has 4 saturated heterocycles. The third-order valence-electron chi connectivity index (χ3n) is 21.6. The second-order valence-electron chi connectivity index (χ2n) is 27.3. The van der Waals surface area contributed by atoms with Crippen LogP contribution in [0, 0.1) is 29.6 Å². The molecule has 8 bridgehead atoms. The molecule has 13 rings (SSSR count). The minimum Gasteiger partial charge on any atom is -0.496 e. The summed E-state index contributed by atoms with van der Waals surface area (Å²) in [6.07, 6.45) is 12.2. The fourth-order valence-electron chi connectivity index (χ4n) is 16.3. The molecule has 3 aromatic carbocycles. The van der Waals surface area contributed by atoms with Gasteiger partial charge in [-0.15, -0.1) is 0 Å². The van der Waals surface area contributed by atoms with E-state index >= 15 is 0 Å². The van der Waals surface area contributed by atoms with Gasteiger partial charge in [-0.25, -0.2) is 14.5 Å². The van der Waals surface area contributed by atoms with Gasteiger partial charge in [0.2, 0.25) is 0 Å². The van der Waals surface area contributed by atoms with Gasteiger partial charge in [0.25, 0.3) is 11.8 Å². The van der Waals surface area contributed by atoms with E-state index < -0.39 is 17.4 Å². The highest BCUT2D eigenvalue weighted by Crippen LogP contribution is 2.67. The SMILES string of the molecule is COc1cccc(OC)c1-c1cc(C(=O)NC2(C(=O)O)C3CC4CC3CC42)nn1-c1ccc(C(=O)N2CCCN3CCN(CCCN(C(=S)Nc4ccc(NC(=S)N5CCCN6CCN(CCCN(NCCC7CCC7)CC6)CC5)cc4)CC3)CC2)cc1C(C)C. The molecule has 91 heavy (non-hydrogen) atoms. The number of rotatable bonds is 15. The molecule has 1 aromatic heterocycles. The number of nitrogens with one attached hydrogen (secondary N) is 4. The summed E-state index contributed by atoms with van der Waals surface area (Å²) < 4.78 is 13.5. The molecule has 4 aromatic rings. The fraction of sp³-hybridized carbons (Fsp3) is 0.623. The Morgan fingerprint density at radius 2 is 1.13 bits per heavy atom. The van der Waals surface area contributed by atoms with Crippen LogP contribution in [-0.4, -0.2) is 239 Å². The van der Waals surface area contributed by atoms with Crippen LogP contribution in [0.1, 0.15) is 117 Å². The highest BCUT2D eigenvalue weighted by atomic mass is 32.1. The first-order valence-corrected chi connectivity index (χ1v) is 35.0. The Hall–Kier alpha value is -5.98. The third-order valence-corrected chi connectivity index (χ3v) is 22.4. The summed E-state index contributed by atoms with van der Waals surface area (Å²) in [7, 11) is 3.18. The van der Waals surface area contributed by atoms with Gasteiger partial charge in [0.15, 0.2) is 15.9 Å². The van der Waals surface area contributed by atoms with Crippen molar-refractivity contribution in [1.29, 1.82) is 0 Å². The molecule has 22 heteroatoms. The number of carbonyl (C=O) groups is 3. The van der Waals surface area contributed by atoms with Crippen LogP contribution in [0.4, 0.5) is 11.4 Å². The van der Waals surface area contributed by atoms with Gasteiger partial charge in [0, 0.05) is 128 Å². The van der Waals surface area contributed by atoms with Crippen LogP contribution in [0.3, 0.4) is 0 Å². The van der Waals surface area contributed by atoms with Gasteiger partial charge in [0.05, 0.1) is 31.2 Å². The normalized spacial score (nSPS) is 27.5. The van der Waals surface area contributed by atoms with Gasteiger partial charge in [0.1, 0.15) is 17.0 Å². The van der Waals surface area contributed by atoms with Gasteiger partial charge in [-0.1, -0.05) is 39.2 Å². The van der Waals surface area contributed by atoms with Crippen molar-refractivity contribution in [2.24, 2.45) is 29.6 Å². The average molecular weight is 1280 g/mol.